The first kappa shape index (κ1) is 15.6. The summed E-state index contributed by atoms with van der Waals surface area (Å²) in [6, 6.07) is 5.09. The van der Waals surface area contributed by atoms with Crippen molar-refractivity contribution in [3.8, 4) is 17.6 Å². The molecule has 0 atom stereocenters. The van der Waals surface area contributed by atoms with Crippen LogP contribution in [-0.4, -0.2) is 39.5 Å². The summed E-state index contributed by atoms with van der Waals surface area (Å²) >= 11 is 0. The van der Waals surface area contributed by atoms with Crippen molar-refractivity contribution in [2.75, 3.05) is 31.5 Å². The number of anilines is 1. The number of rotatable bonds is 4. The molecule has 0 aliphatic carbocycles. The molecule has 1 aromatic rings. The van der Waals surface area contributed by atoms with Gasteiger partial charge in [0.15, 0.2) is 0 Å². The molecule has 0 aromatic heterocycles. The molecule has 1 aliphatic rings. The van der Waals surface area contributed by atoms with Crippen LogP contribution in [0.15, 0.2) is 18.2 Å². The van der Waals surface area contributed by atoms with Crippen LogP contribution < -0.4 is 15.2 Å². The standard InChI is InChI=1S/C14H19N3O3S/c1-20-14-7-6-12(5-4-8-15)11-13(14)16-21(18,19)17-9-2-3-10-17/h6-7,11,16H,2-3,8-10,15H2,1H3. The van der Waals surface area contributed by atoms with Crippen LogP contribution in [0.5, 0.6) is 5.75 Å². The van der Waals surface area contributed by atoms with E-state index in [-0.39, 0.29) is 6.54 Å². The highest BCUT2D eigenvalue weighted by Crippen LogP contribution is 2.27. The number of hydrogen-bond donors (Lipinski definition) is 2. The number of methoxy groups -OCH3 is 1. The van der Waals surface area contributed by atoms with Crippen molar-refractivity contribution >= 4 is 15.9 Å². The van der Waals surface area contributed by atoms with Gasteiger partial charge in [0, 0.05) is 18.7 Å². The maximum Gasteiger partial charge on any atom is 0.301 e. The van der Waals surface area contributed by atoms with E-state index in [9.17, 15) is 8.42 Å². The SMILES string of the molecule is COc1ccc(C#CCN)cc1NS(=O)(=O)N1CCCC1. The molecule has 0 radical (unpaired) electrons. The summed E-state index contributed by atoms with van der Waals surface area (Å²) in [5, 5.41) is 0. The molecule has 1 saturated heterocycles. The smallest absolute Gasteiger partial charge is 0.301 e. The second-order valence-electron chi connectivity index (χ2n) is 4.63. The van der Waals surface area contributed by atoms with Gasteiger partial charge in [0.05, 0.1) is 19.3 Å². The third-order valence-corrected chi connectivity index (χ3v) is 4.70. The molecule has 7 heteroatoms. The predicted molar refractivity (Wildman–Crippen MR) is 82.3 cm³/mol. The normalized spacial score (nSPS) is 15.3. The molecule has 2 rings (SSSR count). The Labute approximate surface area is 125 Å². The molecule has 0 amide bonds. The van der Waals surface area contributed by atoms with Gasteiger partial charge in [0.2, 0.25) is 0 Å². The first-order valence-electron chi connectivity index (χ1n) is 6.71. The Morgan fingerprint density at radius 1 is 1.38 bits per heavy atom. The fourth-order valence-electron chi connectivity index (χ4n) is 2.15. The Kier molecular flexibility index (Phi) is 5.07. The van der Waals surface area contributed by atoms with Crippen molar-refractivity contribution in [2.45, 2.75) is 12.8 Å². The van der Waals surface area contributed by atoms with Crippen LogP contribution in [0.25, 0.3) is 0 Å². The maximum atomic E-state index is 12.3. The van der Waals surface area contributed by atoms with Gasteiger partial charge in [0.1, 0.15) is 5.75 Å². The third kappa shape index (κ3) is 3.88. The molecule has 1 heterocycles. The molecule has 0 saturated carbocycles. The van der Waals surface area contributed by atoms with E-state index in [1.807, 2.05) is 0 Å². The number of benzene rings is 1. The van der Waals surface area contributed by atoms with E-state index in [4.69, 9.17) is 10.5 Å². The van der Waals surface area contributed by atoms with E-state index >= 15 is 0 Å². The van der Waals surface area contributed by atoms with Crippen molar-refractivity contribution in [3.05, 3.63) is 23.8 Å². The molecule has 3 N–H and O–H groups in total. The van der Waals surface area contributed by atoms with Gasteiger partial charge in [-0.15, -0.1) is 0 Å². The highest BCUT2D eigenvalue weighted by atomic mass is 32.2. The van der Waals surface area contributed by atoms with Crippen molar-refractivity contribution < 1.29 is 13.2 Å². The lowest BCUT2D eigenvalue weighted by Crippen LogP contribution is -2.33. The number of ether oxygens (including phenoxy) is 1. The van der Waals surface area contributed by atoms with Gasteiger partial charge < -0.3 is 10.5 Å². The summed E-state index contributed by atoms with van der Waals surface area (Å²) in [6.07, 6.45) is 1.78. The van der Waals surface area contributed by atoms with E-state index in [0.29, 0.717) is 30.1 Å². The quantitative estimate of drug-likeness (QED) is 0.804. The summed E-state index contributed by atoms with van der Waals surface area (Å²) < 4.78 is 33.8. The fraction of sp³-hybridized carbons (Fsp3) is 0.429. The number of nitrogens with one attached hydrogen (secondary N) is 1. The summed E-state index contributed by atoms with van der Waals surface area (Å²) in [4.78, 5) is 0. The minimum absolute atomic E-state index is 0.251. The van der Waals surface area contributed by atoms with Crippen LogP contribution in [0.2, 0.25) is 0 Å². The number of nitrogens with zero attached hydrogens (tertiary/aromatic N) is 1. The number of hydrogen-bond acceptors (Lipinski definition) is 4. The Morgan fingerprint density at radius 3 is 2.71 bits per heavy atom. The average molecular weight is 309 g/mol. The van der Waals surface area contributed by atoms with Crippen molar-refractivity contribution in [2.24, 2.45) is 5.73 Å². The van der Waals surface area contributed by atoms with E-state index in [1.165, 1.54) is 11.4 Å². The van der Waals surface area contributed by atoms with Gasteiger partial charge >= 0.3 is 10.2 Å². The largest absolute Gasteiger partial charge is 0.495 e. The topological polar surface area (TPSA) is 84.7 Å². The highest BCUT2D eigenvalue weighted by molar-refractivity contribution is 7.90. The zero-order chi connectivity index (χ0) is 15.3. The van der Waals surface area contributed by atoms with Crippen LogP contribution in [-0.2, 0) is 10.2 Å². The maximum absolute atomic E-state index is 12.3. The molecular weight excluding hydrogens is 290 g/mol. The van der Waals surface area contributed by atoms with E-state index in [2.05, 4.69) is 16.6 Å². The van der Waals surface area contributed by atoms with E-state index in [1.54, 1.807) is 18.2 Å². The molecule has 6 nitrogen and oxygen atoms in total. The van der Waals surface area contributed by atoms with Crippen LogP contribution in [0.1, 0.15) is 18.4 Å². The lowest BCUT2D eigenvalue weighted by Gasteiger charge is -2.18. The summed E-state index contributed by atoms with van der Waals surface area (Å²) in [5.74, 6) is 6.06. The van der Waals surface area contributed by atoms with Crippen molar-refractivity contribution in [1.29, 1.82) is 0 Å². The Balaban J connectivity index is 2.28. The minimum Gasteiger partial charge on any atom is -0.495 e. The molecule has 0 spiro atoms. The van der Waals surface area contributed by atoms with E-state index < -0.39 is 10.2 Å². The zero-order valence-corrected chi connectivity index (χ0v) is 12.7. The lowest BCUT2D eigenvalue weighted by atomic mass is 10.2. The Bertz CT molecular complexity index is 656. The Morgan fingerprint density at radius 2 is 2.10 bits per heavy atom. The van der Waals surface area contributed by atoms with Crippen LogP contribution in [0.3, 0.4) is 0 Å². The second-order valence-corrected chi connectivity index (χ2v) is 6.30. The molecular formula is C14H19N3O3S. The first-order valence-corrected chi connectivity index (χ1v) is 8.15. The molecule has 114 valence electrons. The third-order valence-electron chi connectivity index (χ3n) is 3.18. The van der Waals surface area contributed by atoms with Crippen LogP contribution in [0, 0.1) is 11.8 Å². The molecule has 1 aromatic carbocycles. The highest BCUT2D eigenvalue weighted by Gasteiger charge is 2.26. The van der Waals surface area contributed by atoms with E-state index in [0.717, 1.165) is 12.8 Å². The lowest BCUT2D eigenvalue weighted by molar-refractivity contribution is 0.416. The molecule has 0 bridgehead atoms. The molecule has 1 aliphatic heterocycles. The van der Waals surface area contributed by atoms with Gasteiger partial charge in [-0.25, -0.2) is 0 Å². The first-order chi connectivity index (χ1) is 10.1. The summed E-state index contributed by atoms with van der Waals surface area (Å²) in [6.45, 7) is 1.34. The second kappa shape index (κ2) is 6.80. The van der Waals surface area contributed by atoms with Crippen LogP contribution >= 0.6 is 0 Å². The van der Waals surface area contributed by atoms with Gasteiger partial charge in [-0.3, -0.25) is 4.72 Å². The monoisotopic (exact) mass is 309 g/mol. The average Bonchev–Trinajstić information content (AvgIpc) is 3.00. The minimum atomic E-state index is -3.55. The summed E-state index contributed by atoms with van der Waals surface area (Å²) in [5.41, 5.74) is 6.40. The fourth-order valence-corrected chi connectivity index (χ4v) is 3.46. The van der Waals surface area contributed by atoms with Crippen molar-refractivity contribution in [3.63, 3.8) is 0 Å². The zero-order valence-electron chi connectivity index (χ0n) is 11.9. The van der Waals surface area contributed by atoms with Gasteiger partial charge in [0.25, 0.3) is 0 Å². The summed E-state index contributed by atoms with van der Waals surface area (Å²) in [7, 11) is -2.06. The van der Waals surface area contributed by atoms with Crippen LogP contribution in [0.4, 0.5) is 5.69 Å². The van der Waals surface area contributed by atoms with Crippen molar-refractivity contribution in [1.82, 2.24) is 4.31 Å². The molecule has 1 fully saturated rings. The predicted octanol–water partition coefficient (Wildman–Crippen LogP) is 0.758. The Hall–Kier alpha value is -1.75. The van der Waals surface area contributed by atoms with Gasteiger partial charge in [-0.1, -0.05) is 11.8 Å². The molecule has 21 heavy (non-hydrogen) atoms. The van der Waals surface area contributed by atoms with Gasteiger partial charge in [-0.2, -0.15) is 12.7 Å². The number of nitrogens with two attached hydrogens (primary N) is 1. The molecule has 0 unspecified atom stereocenters. The van der Waals surface area contributed by atoms with Gasteiger partial charge in [-0.05, 0) is 31.0 Å².